The molecule has 0 aliphatic rings. The van der Waals surface area contributed by atoms with Gasteiger partial charge >= 0.3 is 6.18 Å². The molecule has 0 fully saturated rings. The van der Waals surface area contributed by atoms with Gasteiger partial charge in [0.05, 0.1) is 22.6 Å². The number of H-pyrrole nitrogens is 1. The molecule has 0 spiro atoms. The lowest BCUT2D eigenvalue weighted by molar-refractivity contribution is -0.137. The van der Waals surface area contributed by atoms with Gasteiger partial charge in [0.2, 0.25) is 5.76 Å². The van der Waals surface area contributed by atoms with Gasteiger partial charge in [-0.3, -0.25) is 4.79 Å². The van der Waals surface area contributed by atoms with E-state index >= 15 is 0 Å². The van der Waals surface area contributed by atoms with Gasteiger partial charge in [0.15, 0.2) is 11.0 Å². The Kier molecular flexibility index (Phi) is 5.64. The monoisotopic (exact) mass is 500 g/mol. The second-order valence-electron chi connectivity index (χ2n) is 7.38. The summed E-state index contributed by atoms with van der Waals surface area (Å²) in [5.41, 5.74) is 0.287. The van der Waals surface area contributed by atoms with Crippen molar-refractivity contribution in [2.75, 3.05) is 5.32 Å². The molecule has 0 unspecified atom stereocenters. The molecule has 14 heteroatoms. The predicted molar refractivity (Wildman–Crippen MR) is 120 cm³/mol. The van der Waals surface area contributed by atoms with E-state index in [1.165, 1.54) is 29.8 Å². The first kappa shape index (κ1) is 22.5. The molecular formula is C21H15F3N8O2S. The first-order valence-electron chi connectivity index (χ1n) is 10.1. The van der Waals surface area contributed by atoms with E-state index in [-0.39, 0.29) is 22.8 Å². The Balaban J connectivity index is 1.29. The fourth-order valence-electron chi connectivity index (χ4n) is 3.20. The fraction of sp³-hybridized carbons (Fsp3) is 0.143. The average molecular weight is 500 g/mol. The molecule has 10 nitrogen and oxygen atoms in total. The molecule has 35 heavy (non-hydrogen) atoms. The summed E-state index contributed by atoms with van der Waals surface area (Å²) in [5.74, 6) is 0.373. The number of fused-ring (bicyclic) bond motifs is 1. The van der Waals surface area contributed by atoms with E-state index in [0.717, 1.165) is 12.1 Å². The van der Waals surface area contributed by atoms with Crippen LogP contribution >= 0.6 is 11.3 Å². The minimum Gasteiger partial charge on any atom is -0.353 e. The molecule has 0 saturated heterocycles. The summed E-state index contributed by atoms with van der Waals surface area (Å²) >= 11 is 1.38. The van der Waals surface area contributed by atoms with Crippen LogP contribution in [0.2, 0.25) is 0 Å². The summed E-state index contributed by atoms with van der Waals surface area (Å²) in [4.78, 5) is 31.9. The van der Waals surface area contributed by atoms with Crippen LogP contribution < -0.4 is 10.6 Å². The van der Waals surface area contributed by atoms with Gasteiger partial charge in [-0.1, -0.05) is 5.16 Å². The third-order valence-corrected chi connectivity index (χ3v) is 5.62. The van der Waals surface area contributed by atoms with E-state index in [2.05, 4.69) is 40.7 Å². The molecule has 178 valence electrons. The maximum absolute atomic E-state index is 13.0. The molecule has 3 N–H and O–H groups in total. The molecule has 4 heterocycles. The normalized spacial score (nSPS) is 12.6. The number of imidazole rings is 1. The Morgan fingerprint density at radius 3 is 2.80 bits per heavy atom. The van der Waals surface area contributed by atoms with E-state index in [9.17, 15) is 18.0 Å². The number of carbonyl (C=O) groups is 1. The van der Waals surface area contributed by atoms with Crippen LogP contribution in [0, 0.1) is 0 Å². The minimum atomic E-state index is -4.46. The zero-order valence-electron chi connectivity index (χ0n) is 17.8. The van der Waals surface area contributed by atoms with Gasteiger partial charge in [-0.25, -0.2) is 19.9 Å². The van der Waals surface area contributed by atoms with Crippen LogP contribution in [-0.4, -0.2) is 36.0 Å². The van der Waals surface area contributed by atoms with Crippen molar-refractivity contribution in [2.45, 2.75) is 19.1 Å². The summed E-state index contributed by atoms with van der Waals surface area (Å²) in [7, 11) is 0. The number of anilines is 2. The number of amides is 1. The highest BCUT2D eigenvalue weighted by atomic mass is 32.1. The topological polar surface area (TPSA) is 135 Å². The lowest BCUT2D eigenvalue weighted by Gasteiger charge is -2.10. The SMILES string of the molecule is C[C@H](NC(=O)c1cc(Nc2nccs2)ncn1)c1cc(-c2nc3ccc(C(F)(F)F)cc3[nH]2)on1. The summed E-state index contributed by atoms with van der Waals surface area (Å²) in [6.45, 7) is 1.70. The average Bonchev–Trinajstić information content (AvgIpc) is 3.58. The van der Waals surface area contributed by atoms with Crippen molar-refractivity contribution in [1.29, 1.82) is 0 Å². The number of rotatable bonds is 6. The zero-order chi connectivity index (χ0) is 24.6. The van der Waals surface area contributed by atoms with E-state index in [4.69, 9.17) is 4.52 Å². The number of thiazole rings is 1. The maximum atomic E-state index is 13.0. The highest BCUT2D eigenvalue weighted by Gasteiger charge is 2.31. The highest BCUT2D eigenvalue weighted by molar-refractivity contribution is 7.13. The lowest BCUT2D eigenvalue weighted by atomic mass is 10.2. The fourth-order valence-corrected chi connectivity index (χ4v) is 3.73. The first-order chi connectivity index (χ1) is 16.8. The van der Waals surface area contributed by atoms with Crippen LogP contribution in [0.4, 0.5) is 24.1 Å². The molecular weight excluding hydrogens is 485 g/mol. The number of hydrogen-bond acceptors (Lipinski definition) is 9. The van der Waals surface area contributed by atoms with Crippen molar-refractivity contribution in [2.24, 2.45) is 0 Å². The first-order valence-corrected chi connectivity index (χ1v) is 11.0. The molecule has 5 rings (SSSR count). The summed E-state index contributed by atoms with van der Waals surface area (Å²) in [6.07, 6.45) is -1.57. The van der Waals surface area contributed by atoms with Crippen LogP contribution in [0.3, 0.4) is 0 Å². The number of carbonyl (C=O) groups excluding carboxylic acids is 1. The van der Waals surface area contributed by atoms with Crippen molar-refractivity contribution >= 4 is 39.2 Å². The van der Waals surface area contributed by atoms with Gasteiger partial charge in [-0.2, -0.15) is 13.2 Å². The molecule has 0 aliphatic heterocycles. The van der Waals surface area contributed by atoms with Gasteiger partial charge < -0.3 is 20.1 Å². The van der Waals surface area contributed by atoms with Gasteiger partial charge in [0.1, 0.15) is 23.5 Å². The van der Waals surface area contributed by atoms with Gasteiger partial charge in [0.25, 0.3) is 5.91 Å². The van der Waals surface area contributed by atoms with Crippen molar-refractivity contribution in [3.63, 3.8) is 0 Å². The number of nitrogens with zero attached hydrogens (tertiary/aromatic N) is 5. The van der Waals surface area contributed by atoms with Crippen molar-refractivity contribution in [3.8, 4) is 11.6 Å². The molecule has 1 amide bonds. The Labute approximate surface area is 198 Å². The molecule has 5 aromatic rings. The number of nitrogens with one attached hydrogen (secondary N) is 3. The van der Waals surface area contributed by atoms with Crippen LogP contribution in [0.1, 0.15) is 34.7 Å². The van der Waals surface area contributed by atoms with Crippen LogP contribution in [-0.2, 0) is 6.18 Å². The molecule has 0 bridgehead atoms. The second kappa shape index (κ2) is 8.79. The quantitative estimate of drug-likeness (QED) is 0.305. The number of alkyl halides is 3. The molecule has 1 aromatic carbocycles. The van der Waals surface area contributed by atoms with Crippen LogP contribution in [0.25, 0.3) is 22.6 Å². The largest absolute Gasteiger partial charge is 0.416 e. The summed E-state index contributed by atoms with van der Waals surface area (Å²) in [5, 5.41) is 12.1. The van der Waals surface area contributed by atoms with Crippen molar-refractivity contribution in [1.82, 2.24) is 35.4 Å². The molecule has 0 saturated carbocycles. The third-order valence-electron chi connectivity index (χ3n) is 4.93. The lowest BCUT2D eigenvalue weighted by Crippen LogP contribution is -2.27. The van der Waals surface area contributed by atoms with Crippen molar-refractivity contribution in [3.05, 3.63) is 65.2 Å². The highest BCUT2D eigenvalue weighted by Crippen LogP contribution is 2.32. The Bertz CT molecular complexity index is 1500. The number of benzene rings is 1. The Morgan fingerprint density at radius 1 is 1.17 bits per heavy atom. The van der Waals surface area contributed by atoms with Gasteiger partial charge in [0, 0.05) is 23.7 Å². The van der Waals surface area contributed by atoms with Crippen molar-refractivity contribution < 1.29 is 22.5 Å². The van der Waals surface area contributed by atoms with E-state index < -0.39 is 23.7 Å². The molecule has 4 aromatic heterocycles. The number of halogens is 3. The van der Waals surface area contributed by atoms with E-state index in [1.807, 2.05) is 0 Å². The predicted octanol–water partition coefficient (Wildman–Crippen LogP) is 4.72. The number of aromatic nitrogens is 6. The van der Waals surface area contributed by atoms with Gasteiger partial charge in [-0.15, -0.1) is 11.3 Å². The minimum absolute atomic E-state index is 0.132. The summed E-state index contributed by atoms with van der Waals surface area (Å²) < 4.78 is 44.2. The second-order valence-corrected chi connectivity index (χ2v) is 8.27. The summed E-state index contributed by atoms with van der Waals surface area (Å²) in [6, 6.07) is 5.68. The number of hydrogen-bond donors (Lipinski definition) is 3. The smallest absolute Gasteiger partial charge is 0.353 e. The zero-order valence-corrected chi connectivity index (χ0v) is 18.6. The Hall–Kier alpha value is -4.33. The van der Waals surface area contributed by atoms with E-state index in [0.29, 0.717) is 22.2 Å². The Morgan fingerprint density at radius 2 is 2.03 bits per heavy atom. The molecule has 0 radical (unpaired) electrons. The standard InChI is InChI=1S/C21H15F3N8O2S/c1-10(28-19(33)15-8-17(27-9-26-15)31-20-25-4-5-35-20)13-7-16(34-32-13)18-29-12-3-2-11(21(22,23)24)6-14(12)30-18/h2-10H,1H3,(H,28,33)(H,29,30)(H,25,26,27,31)/t10-/m0/s1. The number of aromatic amines is 1. The third kappa shape index (κ3) is 4.82. The maximum Gasteiger partial charge on any atom is 0.416 e. The van der Waals surface area contributed by atoms with Gasteiger partial charge in [-0.05, 0) is 25.1 Å². The molecule has 0 aliphatic carbocycles. The van der Waals surface area contributed by atoms with E-state index in [1.54, 1.807) is 24.6 Å². The molecule has 1 atom stereocenters. The van der Waals surface area contributed by atoms with Crippen LogP contribution in [0.5, 0.6) is 0 Å². The van der Waals surface area contributed by atoms with Crippen LogP contribution in [0.15, 0.2) is 52.8 Å².